The molecule has 2 saturated heterocycles. The van der Waals surface area contributed by atoms with Crippen molar-refractivity contribution in [3.8, 4) is 0 Å². The van der Waals surface area contributed by atoms with Crippen molar-refractivity contribution in [1.82, 2.24) is 15.2 Å². The first-order valence-corrected chi connectivity index (χ1v) is 9.77. The van der Waals surface area contributed by atoms with Crippen LogP contribution in [-0.4, -0.2) is 54.6 Å². The molecule has 1 aromatic heterocycles. The summed E-state index contributed by atoms with van der Waals surface area (Å²) < 4.78 is 0. The minimum absolute atomic E-state index is 0.00143. The Morgan fingerprint density at radius 3 is 3.00 bits per heavy atom. The van der Waals surface area contributed by atoms with Gasteiger partial charge >= 0.3 is 0 Å². The number of thiazole rings is 1. The van der Waals surface area contributed by atoms with E-state index in [0.29, 0.717) is 5.92 Å². The molecule has 5 nitrogen and oxygen atoms in total. The number of nitrogens with one attached hydrogen (secondary N) is 1. The average Bonchev–Trinajstić information content (AvgIpc) is 3.05. The Morgan fingerprint density at radius 2 is 2.13 bits per heavy atom. The summed E-state index contributed by atoms with van der Waals surface area (Å²) in [6, 6.07) is -0.00143. The number of piperazine rings is 2. The van der Waals surface area contributed by atoms with Gasteiger partial charge in [0.15, 0.2) is 5.13 Å². The Kier molecular flexibility index (Phi) is 4.39. The maximum absolute atomic E-state index is 12.8. The quantitative estimate of drug-likeness (QED) is 0.899. The molecule has 126 valence electrons. The van der Waals surface area contributed by atoms with Gasteiger partial charge in [-0.15, -0.1) is 11.3 Å². The number of fused-ring (bicyclic) bond motifs is 1. The summed E-state index contributed by atoms with van der Waals surface area (Å²) in [5.41, 5.74) is 0. The number of rotatable bonds is 2. The zero-order chi connectivity index (χ0) is 15.8. The van der Waals surface area contributed by atoms with Gasteiger partial charge in [-0.05, 0) is 18.3 Å². The lowest BCUT2D eigenvalue weighted by Crippen LogP contribution is -2.64. The number of hydrogen-bond acceptors (Lipinski definition) is 5. The Bertz CT molecular complexity index is 575. The molecule has 0 unspecified atom stereocenters. The van der Waals surface area contributed by atoms with Crippen LogP contribution in [0, 0.1) is 5.92 Å². The number of carbonyl (C=O) groups excluding carboxylic acids is 1. The molecule has 3 aliphatic rings. The van der Waals surface area contributed by atoms with E-state index in [1.165, 1.54) is 30.6 Å². The molecule has 4 rings (SSSR count). The van der Waals surface area contributed by atoms with Crippen molar-refractivity contribution in [3.63, 3.8) is 0 Å². The van der Waals surface area contributed by atoms with Crippen molar-refractivity contribution in [2.45, 2.75) is 44.6 Å². The second-order valence-electron chi connectivity index (χ2n) is 7.16. The summed E-state index contributed by atoms with van der Waals surface area (Å²) in [6.45, 7) is 6.85. The van der Waals surface area contributed by atoms with Gasteiger partial charge in [0.2, 0.25) is 5.91 Å². The normalized spacial score (nSPS) is 32.8. The van der Waals surface area contributed by atoms with Gasteiger partial charge < -0.3 is 5.32 Å². The fraction of sp³-hybridized carbons (Fsp3) is 0.765. The van der Waals surface area contributed by atoms with Crippen LogP contribution in [0.15, 0.2) is 6.20 Å². The monoisotopic (exact) mass is 334 g/mol. The lowest BCUT2D eigenvalue weighted by Gasteiger charge is -2.42. The Balaban J connectivity index is 1.51. The highest BCUT2D eigenvalue weighted by molar-refractivity contribution is 7.15. The van der Waals surface area contributed by atoms with Gasteiger partial charge in [-0.2, -0.15) is 0 Å². The predicted molar refractivity (Wildman–Crippen MR) is 93.1 cm³/mol. The van der Waals surface area contributed by atoms with Crippen LogP contribution in [0.2, 0.25) is 0 Å². The summed E-state index contributed by atoms with van der Waals surface area (Å²) >= 11 is 1.75. The highest BCUT2D eigenvalue weighted by atomic mass is 32.1. The van der Waals surface area contributed by atoms with Gasteiger partial charge in [-0.1, -0.05) is 26.2 Å². The number of hydrogen-bond donors (Lipinski definition) is 1. The molecular weight excluding hydrogens is 308 g/mol. The van der Waals surface area contributed by atoms with Crippen molar-refractivity contribution in [1.29, 1.82) is 0 Å². The van der Waals surface area contributed by atoms with Gasteiger partial charge in [0.1, 0.15) is 6.04 Å². The Morgan fingerprint density at radius 1 is 1.26 bits per heavy atom. The average molecular weight is 334 g/mol. The van der Waals surface area contributed by atoms with Crippen molar-refractivity contribution < 1.29 is 4.79 Å². The third-order valence-electron chi connectivity index (χ3n) is 5.74. The zero-order valence-electron chi connectivity index (χ0n) is 13.8. The molecule has 1 aliphatic carbocycles. The lowest BCUT2D eigenvalue weighted by molar-refractivity contribution is -0.126. The standard InChI is InChI=1S/C17H26N4OS/c1-12-4-2-3-5-13(12)15-11-19-17(23-15)21-9-8-20-7-6-18-10-14(20)16(21)22/h11-14,18H,2-10H2,1H3/t12-,13-,14-/m1/s1. The van der Waals surface area contributed by atoms with Crippen LogP contribution in [0.3, 0.4) is 0 Å². The fourth-order valence-electron chi connectivity index (χ4n) is 4.28. The van der Waals surface area contributed by atoms with Crippen LogP contribution in [0.25, 0.3) is 0 Å². The third-order valence-corrected chi connectivity index (χ3v) is 6.89. The molecule has 3 fully saturated rings. The molecule has 1 saturated carbocycles. The van der Waals surface area contributed by atoms with Gasteiger partial charge in [-0.3, -0.25) is 14.6 Å². The zero-order valence-corrected chi connectivity index (χ0v) is 14.6. The summed E-state index contributed by atoms with van der Waals surface area (Å²) in [7, 11) is 0. The highest BCUT2D eigenvalue weighted by Crippen LogP contribution is 2.41. The first-order chi connectivity index (χ1) is 11.2. The van der Waals surface area contributed by atoms with Crippen molar-refractivity contribution >= 4 is 22.4 Å². The minimum Gasteiger partial charge on any atom is -0.313 e. The number of amides is 1. The van der Waals surface area contributed by atoms with E-state index in [9.17, 15) is 4.79 Å². The van der Waals surface area contributed by atoms with Crippen LogP contribution in [0.4, 0.5) is 5.13 Å². The molecule has 1 N–H and O–H groups in total. The molecule has 6 heteroatoms. The van der Waals surface area contributed by atoms with E-state index in [1.807, 2.05) is 11.1 Å². The largest absolute Gasteiger partial charge is 0.313 e. The predicted octanol–water partition coefficient (Wildman–Crippen LogP) is 2.06. The van der Waals surface area contributed by atoms with E-state index in [4.69, 9.17) is 0 Å². The van der Waals surface area contributed by atoms with Gasteiger partial charge in [0.05, 0.1) is 0 Å². The van der Waals surface area contributed by atoms with Gasteiger partial charge in [0.25, 0.3) is 0 Å². The van der Waals surface area contributed by atoms with Crippen LogP contribution in [-0.2, 0) is 4.79 Å². The summed E-state index contributed by atoms with van der Waals surface area (Å²) in [5, 5.41) is 4.25. The van der Waals surface area contributed by atoms with Crippen molar-refractivity contribution in [3.05, 3.63) is 11.1 Å². The van der Waals surface area contributed by atoms with Crippen LogP contribution in [0.5, 0.6) is 0 Å². The molecule has 3 atom stereocenters. The molecule has 1 aromatic rings. The summed E-state index contributed by atoms with van der Waals surface area (Å²) in [5.74, 6) is 1.61. The maximum atomic E-state index is 12.8. The Hall–Kier alpha value is -0.980. The van der Waals surface area contributed by atoms with E-state index >= 15 is 0 Å². The van der Waals surface area contributed by atoms with Crippen LogP contribution in [0.1, 0.15) is 43.4 Å². The fourth-order valence-corrected chi connectivity index (χ4v) is 5.49. The summed E-state index contributed by atoms with van der Waals surface area (Å²) in [4.78, 5) is 23.1. The Labute approximate surface area is 142 Å². The van der Waals surface area contributed by atoms with Gasteiger partial charge in [0, 0.05) is 43.8 Å². The molecule has 23 heavy (non-hydrogen) atoms. The van der Waals surface area contributed by atoms with Crippen molar-refractivity contribution in [2.24, 2.45) is 5.92 Å². The number of nitrogens with zero attached hydrogens (tertiary/aromatic N) is 3. The smallest absolute Gasteiger partial charge is 0.247 e. The van der Waals surface area contributed by atoms with E-state index in [2.05, 4.69) is 22.1 Å². The number of aromatic nitrogens is 1. The second kappa shape index (κ2) is 6.49. The first kappa shape index (κ1) is 15.5. The molecule has 3 heterocycles. The maximum Gasteiger partial charge on any atom is 0.247 e. The molecule has 0 spiro atoms. The van der Waals surface area contributed by atoms with E-state index < -0.39 is 0 Å². The number of anilines is 1. The topological polar surface area (TPSA) is 48.5 Å². The second-order valence-corrected chi connectivity index (χ2v) is 8.20. The highest BCUT2D eigenvalue weighted by Gasteiger charge is 2.38. The molecule has 1 amide bonds. The van der Waals surface area contributed by atoms with E-state index in [0.717, 1.165) is 43.8 Å². The molecule has 2 aliphatic heterocycles. The van der Waals surface area contributed by atoms with Crippen LogP contribution < -0.4 is 10.2 Å². The van der Waals surface area contributed by atoms with Crippen molar-refractivity contribution in [2.75, 3.05) is 37.6 Å². The molecule has 0 bridgehead atoms. The lowest BCUT2D eigenvalue weighted by atomic mass is 9.80. The third kappa shape index (κ3) is 2.92. The first-order valence-electron chi connectivity index (χ1n) is 8.96. The van der Waals surface area contributed by atoms with Gasteiger partial charge in [-0.25, -0.2) is 4.98 Å². The summed E-state index contributed by atoms with van der Waals surface area (Å²) in [6.07, 6.45) is 7.32. The van der Waals surface area contributed by atoms with E-state index in [-0.39, 0.29) is 11.9 Å². The van der Waals surface area contributed by atoms with Crippen LogP contribution >= 0.6 is 11.3 Å². The molecular formula is C17H26N4OS. The number of carbonyl (C=O) groups is 1. The van der Waals surface area contributed by atoms with E-state index in [1.54, 1.807) is 11.3 Å². The molecule has 0 aromatic carbocycles. The molecule has 0 radical (unpaired) electrons. The minimum atomic E-state index is -0.00143. The SMILES string of the molecule is C[C@@H]1CCCC[C@H]1c1cnc(N2CCN3CCNC[C@@H]3C2=O)s1.